The summed E-state index contributed by atoms with van der Waals surface area (Å²) in [5.41, 5.74) is -0.151. The molecule has 0 bridgehead atoms. The van der Waals surface area contributed by atoms with Crippen LogP contribution in [0.25, 0.3) is 0 Å². The van der Waals surface area contributed by atoms with Gasteiger partial charge in [-0.25, -0.2) is 8.78 Å². The number of ether oxygens (including phenoxy) is 1. The third-order valence-corrected chi connectivity index (χ3v) is 2.96. The van der Waals surface area contributed by atoms with Crippen LogP contribution in [-0.4, -0.2) is 18.5 Å². The van der Waals surface area contributed by atoms with Crippen LogP contribution in [0.4, 0.5) is 14.5 Å². The van der Waals surface area contributed by atoms with Gasteiger partial charge < -0.3 is 10.1 Å². The molecule has 1 amide bonds. The summed E-state index contributed by atoms with van der Waals surface area (Å²) in [7, 11) is 0. The number of benzene rings is 1. The van der Waals surface area contributed by atoms with E-state index in [0.717, 1.165) is 18.6 Å². The SMILES string of the molecule is C[C@H]1C[C@@H]1C(=O)OCC(=O)Nc1ccc(F)cc1F. The molecule has 0 aromatic heterocycles. The van der Waals surface area contributed by atoms with Crippen LogP contribution in [0.5, 0.6) is 0 Å². The predicted octanol–water partition coefficient (Wildman–Crippen LogP) is 2.10. The molecule has 0 saturated heterocycles. The molecule has 1 aromatic rings. The first kappa shape index (κ1) is 13.5. The van der Waals surface area contributed by atoms with Gasteiger partial charge in [0.25, 0.3) is 5.91 Å². The lowest BCUT2D eigenvalue weighted by Crippen LogP contribution is -2.22. The van der Waals surface area contributed by atoms with E-state index in [1.165, 1.54) is 0 Å². The van der Waals surface area contributed by atoms with Gasteiger partial charge in [-0.2, -0.15) is 0 Å². The third-order valence-electron chi connectivity index (χ3n) is 2.96. The average Bonchev–Trinajstić information content (AvgIpc) is 3.07. The minimum atomic E-state index is -0.879. The van der Waals surface area contributed by atoms with Gasteiger partial charge in [0.15, 0.2) is 6.61 Å². The molecule has 2 atom stereocenters. The van der Waals surface area contributed by atoms with Crippen LogP contribution < -0.4 is 5.32 Å². The van der Waals surface area contributed by atoms with Crippen LogP contribution in [0.15, 0.2) is 18.2 Å². The minimum absolute atomic E-state index is 0.129. The van der Waals surface area contributed by atoms with E-state index in [0.29, 0.717) is 12.0 Å². The molecule has 1 saturated carbocycles. The van der Waals surface area contributed by atoms with Gasteiger partial charge in [0.05, 0.1) is 11.6 Å². The van der Waals surface area contributed by atoms with Crippen molar-refractivity contribution in [2.45, 2.75) is 13.3 Å². The number of nitrogens with one attached hydrogen (secondary N) is 1. The molecule has 4 nitrogen and oxygen atoms in total. The van der Waals surface area contributed by atoms with Crippen LogP contribution in [0.1, 0.15) is 13.3 Å². The van der Waals surface area contributed by atoms with E-state index >= 15 is 0 Å². The predicted molar refractivity (Wildman–Crippen MR) is 63.2 cm³/mol. The topological polar surface area (TPSA) is 55.4 Å². The van der Waals surface area contributed by atoms with Crippen molar-refractivity contribution in [1.29, 1.82) is 0 Å². The van der Waals surface area contributed by atoms with Gasteiger partial charge in [-0.3, -0.25) is 9.59 Å². The Morgan fingerprint density at radius 2 is 2.11 bits per heavy atom. The summed E-state index contributed by atoms with van der Waals surface area (Å²) in [6.45, 7) is 1.44. The summed E-state index contributed by atoms with van der Waals surface area (Å²) < 4.78 is 30.7. The van der Waals surface area contributed by atoms with Crippen LogP contribution in [-0.2, 0) is 14.3 Å². The first-order valence-corrected chi connectivity index (χ1v) is 5.89. The van der Waals surface area contributed by atoms with Gasteiger partial charge in [-0.1, -0.05) is 6.92 Å². The Balaban J connectivity index is 1.82. The van der Waals surface area contributed by atoms with Crippen molar-refractivity contribution in [3.8, 4) is 0 Å². The molecule has 0 unspecified atom stereocenters. The Kier molecular flexibility index (Phi) is 3.78. The second-order valence-electron chi connectivity index (χ2n) is 4.60. The number of amides is 1. The molecule has 1 N–H and O–H groups in total. The highest BCUT2D eigenvalue weighted by Crippen LogP contribution is 2.38. The van der Waals surface area contributed by atoms with Gasteiger partial charge in [0.2, 0.25) is 0 Å². The Hall–Kier alpha value is -1.98. The van der Waals surface area contributed by atoms with Crippen molar-refractivity contribution in [2.24, 2.45) is 11.8 Å². The molecule has 1 aliphatic rings. The zero-order valence-electron chi connectivity index (χ0n) is 10.3. The maximum Gasteiger partial charge on any atom is 0.309 e. The molecule has 102 valence electrons. The molecule has 1 fully saturated rings. The lowest BCUT2D eigenvalue weighted by atomic mass is 10.3. The molecule has 2 rings (SSSR count). The van der Waals surface area contributed by atoms with Crippen molar-refractivity contribution in [1.82, 2.24) is 0 Å². The number of anilines is 1. The fraction of sp³-hybridized carbons (Fsp3) is 0.385. The van der Waals surface area contributed by atoms with Crippen LogP contribution in [0.2, 0.25) is 0 Å². The summed E-state index contributed by atoms with van der Waals surface area (Å²) in [6.07, 6.45) is 0.771. The first-order valence-electron chi connectivity index (χ1n) is 5.89. The number of hydrogen-bond acceptors (Lipinski definition) is 3. The van der Waals surface area contributed by atoms with Gasteiger partial charge >= 0.3 is 5.97 Å². The molecule has 1 aliphatic carbocycles. The third kappa shape index (κ3) is 3.49. The summed E-state index contributed by atoms with van der Waals surface area (Å²) in [5, 5.41) is 2.21. The maximum absolute atomic E-state index is 13.2. The van der Waals surface area contributed by atoms with Crippen molar-refractivity contribution < 1.29 is 23.1 Å². The smallest absolute Gasteiger partial charge is 0.309 e. The van der Waals surface area contributed by atoms with Gasteiger partial charge in [-0.15, -0.1) is 0 Å². The Morgan fingerprint density at radius 1 is 1.42 bits per heavy atom. The Bertz CT molecular complexity index is 519. The van der Waals surface area contributed by atoms with Gasteiger partial charge in [0.1, 0.15) is 11.6 Å². The van der Waals surface area contributed by atoms with Gasteiger partial charge in [-0.05, 0) is 24.5 Å². The van der Waals surface area contributed by atoms with E-state index in [1.807, 2.05) is 6.92 Å². The van der Waals surface area contributed by atoms with E-state index in [-0.39, 0.29) is 11.6 Å². The van der Waals surface area contributed by atoms with E-state index in [4.69, 9.17) is 4.74 Å². The van der Waals surface area contributed by atoms with E-state index in [9.17, 15) is 18.4 Å². The zero-order chi connectivity index (χ0) is 14.0. The number of halogens is 2. The normalized spacial score (nSPS) is 20.8. The monoisotopic (exact) mass is 269 g/mol. The van der Waals surface area contributed by atoms with Crippen LogP contribution >= 0.6 is 0 Å². The van der Waals surface area contributed by atoms with E-state index in [1.54, 1.807) is 0 Å². The molecule has 0 heterocycles. The number of esters is 1. The lowest BCUT2D eigenvalue weighted by molar-refractivity contribution is -0.148. The second kappa shape index (κ2) is 5.34. The molecule has 0 aliphatic heterocycles. The average molecular weight is 269 g/mol. The Morgan fingerprint density at radius 3 is 2.68 bits per heavy atom. The van der Waals surface area contributed by atoms with E-state index < -0.39 is 30.1 Å². The summed E-state index contributed by atoms with van der Waals surface area (Å²) in [6, 6.07) is 2.79. The number of hydrogen-bond donors (Lipinski definition) is 1. The molecule has 1 aromatic carbocycles. The first-order chi connectivity index (χ1) is 8.97. The van der Waals surface area contributed by atoms with Crippen molar-refractivity contribution in [3.63, 3.8) is 0 Å². The Labute approximate surface area is 108 Å². The highest BCUT2D eigenvalue weighted by atomic mass is 19.1. The highest BCUT2D eigenvalue weighted by molar-refractivity contribution is 5.93. The van der Waals surface area contributed by atoms with Crippen molar-refractivity contribution in [2.75, 3.05) is 11.9 Å². The number of carbonyl (C=O) groups is 2. The van der Waals surface area contributed by atoms with Gasteiger partial charge in [0, 0.05) is 6.07 Å². The number of carbonyl (C=O) groups excluding carboxylic acids is 2. The number of rotatable bonds is 4. The summed E-state index contributed by atoms with van der Waals surface area (Å²) >= 11 is 0. The zero-order valence-corrected chi connectivity index (χ0v) is 10.3. The summed E-state index contributed by atoms with van der Waals surface area (Å²) in [5.74, 6) is -2.52. The molecule has 0 radical (unpaired) electrons. The van der Waals surface area contributed by atoms with Crippen LogP contribution in [0, 0.1) is 23.5 Å². The molecule has 6 heteroatoms. The summed E-state index contributed by atoms with van der Waals surface area (Å²) in [4.78, 5) is 22.8. The quantitative estimate of drug-likeness (QED) is 0.852. The fourth-order valence-corrected chi connectivity index (χ4v) is 1.67. The van der Waals surface area contributed by atoms with Crippen molar-refractivity contribution >= 4 is 17.6 Å². The van der Waals surface area contributed by atoms with Crippen LogP contribution in [0.3, 0.4) is 0 Å². The molecular formula is C13H13F2NO3. The lowest BCUT2D eigenvalue weighted by Gasteiger charge is -2.07. The molecule has 19 heavy (non-hydrogen) atoms. The van der Waals surface area contributed by atoms with E-state index in [2.05, 4.69) is 5.32 Å². The largest absolute Gasteiger partial charge is 0.455 e. The fourth-order valence-electron chi connectivity index (χ4n) is 1.67. The second-order valence-corrected chi connectivity index (χ2v) is 4.60. The molecule has 0 spiro atoms. The standard InChI is InChI=1S/C13H13F2NO3/c1-7-4-9(7)13(18)19-6-12(17)16-11-3-2-8(14)5-10(11)15/h2-3,5,7,9H,4,6H2,1H3,(H,16,17)/t7-,9-/m0/s1. The maximum atomic E-state index is 13.2. The minimum Gasteiger partial charge on any atom is -0.455 e. The van der Waals surface area contributed by atoms with Crippen molar-refractivity contribution in [3.05, 3.63) is 29.8 Å². The molecular weight excluding hydrogens is 256 g/mol. The highest BCUT2D eigenvalue weighted by Gasteiger charge is 2.40.